The number of rotatable bonds is 5. The topological polar surface area (TPSA) is 96.5 Å². The molecular formula is C25H17BrN4O3. The number of nitrogens with zero attached hydrogens (tertiary/aromatic N) is 3. The Hall–Kier alpha value is -4.22. The van der Waals surface area contributed by atoms with Crippen molar-refractivity contribution in [3.05, 3.63) is 104 Å². The first-order chi connectivity index (χ1) is 15.9. The second kappa shape index (κ2) is 9.51. The number of anilines is 1. The molecule has 0 aliphatic heterocycles. The highest BCUT2D eigenvalue weighted by Gasteiger charge is 2.17. The lowest BCUT2D eigenvalue weighted by molar-refractivity contribution is -0.112. The van der Waals surface area contributed by atoms with Gasteiger partial charge in [0.05, 0.1) is 0 Å². The van der Waals surface area contributed by atoms with Crippen LogP contribution in [0.2, 0.25) is 0 Å². The van der Waals surface area contributed by atoms with Gasteiger partial charge in [0.15, 0.2) is 0 Å². The van der Waals surface area contributed by atoms with Gasteiger partial charge in [0, 0.05) is 16.4 Å². The van der Waals surface area contributed by atoms with Crippen LogP contribution in [0, 0.1) is 18.3 Å². The van der Waals surface area contributed by atoms with Crippen LogP contribution < -0.4 is 15.6 Å². The van der Waals surface area contributed by atoms with E-state index in [0.29, 0.717) is 17.1 Å². The minimum absolute atomic E-state index is 0.000180. The van der Waals surface area contributed by atoms with Crippen molar-refractivity contribution >= 4 is 39.2 Å². The second-order valence-electron chi connectivity index (χ2n) is 7.12. The Morgan fingerprint density at radius 1 is 1.15 bits per heavy atom. The Morgan fingerprint density at radius 2 is 1.97 bits per heavy atom. The average molecular weight is 501 g/mol. The largest absolute Gasteiger partial charge is 0.438 e. The van der Waals surface area contributed by atoms with E-state index in [1.54, 1.807) is 54.7 Å². The molecule has 0 saturated carbocycles. The first-order valence-electron chi connectivity index (χ1n) is 9.89. The van der Waals surface area contributed by atoms with Gasteiger partial charge in [-0.3, -0.25) is 14.0 Å². The molecule has 2 aromatic heterocycles. The lowest BCUT2D eigenvalue weighted by atomic mass is 10.1. The highest BCUT2D eigenvalue weighted by atomic mass is 79.9. The lowest BCUT2D eigenvalue weighted by Crippen LogP contribution is -2.20. The first-order valence-corrected chi connectivity index (χ1v) is 10.7. The summed E-state index contributed by atoms with van der Waals surface area (Å²) in [6.45, 7) is 1.91. The van der Waals surface area contributed by atoms with Gasteiger partial charge < -0.3 is 10.1 Å². The number of carbonyl (C=O) groups is 1. The molecule has 1 amide bonds. The zero-order valence-electron chi connectivity index (χ0n) is 17.4. The summed E-state index contributed by atoms with van der Waals surface area (Å²) in [7, 11) is 0. The molecule has 0 aliphatic rings. The molecule has 0 unspecified atom stereocenters. The molecule has 0 atom stereocenters. The van der Waals surface area contributed by atoms with E-state index in [1.807, 2.05) is 31.2 Å². The van der Waals surface area contributed by atoms with Crippen LogP contribution in [0.15, 0.2) is 87.8 Å². The van der Waals surface area contributed by atoms with Crippen LogP contribution in [-0.2, 0) is 4.79 Å². The fourth-order valence-corrected chi connectivity index (χ4v) is 3.53. The van der Waals surface area contributed by atoms with Crippen LogP contribution in [0.25, 0.3) is 11.7 Å². The third-order valence-corrected chi connectivity index (χ3v) is 5.17. The summed E-state index contributed by atoms with van der Waals surface area (Å²) in [6.07, 6.45) is 2.76. The zero-order valence-corrected chi connectivity index (χ0v) is 19.0. The fourth-order valence-electron chi connectivity index (χ4n) is 3.13. The van der Waals surface area contributed by atoms with Crippen molar-refractivity contribution in [2.24, 2.45) is 0 Å². The number of aromatic nitrogens is 2. The minimum Gasteiger partial charge on any atom is -0.438 e. The van der Waals surface area contributed by atoms with E-state index in [4.69, 9.17) is 4.74 Å². The fraction of sp³-hybridized carbons (Fsp3) is 0.0400. The van der Waals surface area contributed by atoms with Gasteiger partial charge >= 0.3 is 0 Å². The van der Waals surface area contributed by atoms with Crippen LogP contribution in [-0.4, -0.2) is 15.3 Å². The van der Waals surface area contributed by atoms with E-state index in [0.717, 1.165) is 10.0 Å². The Morgan fingerprint density at radius 3 is 2.73 bits per heavy atom. The third kappa shape index (κ3) is 5.00. The van der Waals surface area contributed by atoms with Crippen molar-refractivity contribution in [2.45, 2.75) is 6.92 Å². The number of pyridine rings is 1. The number of aryl methyl sites for hydroxylation is 1. The number of hydrogen-bond acceptors (Lipinski definition) is 5. The Labute approximate surface area is 197 Å². The quantitative estimate of drug-likeness (QED) is 0.303. The number of benzene rings is 2. The standard InChI is InChI=1S/C25H17BrN4O3/c1-16-6-4-9-20(12-16)33-24-21(25(32)30-11-3-2-10-22(30)29-24)13-17(15-27)23(31)28-19-8-5-7-18(26)14-19/h2-14H,1H3,(H,28,31)/b17-13-. The number of nitrogens with one attached hydrogen (secondary N) is 1. The molecule has 8 heteroatoms. The Bertz CT molecular complexity index is 1500. The zero-order chi connectivity index (χ0) is 23.4. The highest BCUT2D eigenvalue weighted by Crippen LogP contribution is 2.25. The Balaban J connectivity index is 1.80. The molecule has 33 heavy (non-hydrogen) atoms. The summed E-state index contributed by atoms with van der Waals surface area (Å²) in [5, 5.41) is 12.3. The van der Waals surface area contributed by atoms with E-state index in [-0.39, 0.29) is 17.0 Å². The molecule has 0 bridgehead atoms. The van der Waals surface area contributed by atoms with Crippen LogP contribution in [0.5, 0.6) is 11.6 Å². The molecule has 7 nitrogen and oxygen atoms in total. The Kier molecular flexibility index (Phi) is 6.33. The van der Waals surface area contributed by atoms with E-state index in [9.17, 15) is 14.9 Å². The van der Waals surface area contributed by atoms with Crippen molar-refractivity contribution in [1.82, 2.24) is 9.38 Å². The van der Waals surface area contributed by atoms with E-state index >= 15 is 0 Å². The predicted molar refractivity (Wildman–Crippen MR) is 129 cm³/mol. The number of halogens is 1. The second-order valence-corrected chi connectivity index (χ2v) is 8.03. The van der Waals surface area contributed by atoms with Crippen molar-refractivity contribution < 1.29 is 9.53 Å². The summed E-state index contributed by atoms with van der Waals surface area (Å²) in [5.74, 6) is -0.177. The smallest absolute Gasteiger partial charge is 0.269 e. The number of amides is 1. The molecule has 4 aromatic rings. The molecule has 162 valence electrons. The molecule has 0 fully saturated rings. The maximum Gasteiger partial charge on any atom is 0.269 e. The molecule has 0 aliphatic carbocycles. The van der Waals surface area contributed by atoms with E-state index < -0.39 is 11.5 Å². The van der Waals surface area contributed by atoms with Crippen LogP contribution >= 0.6 is 15.9 Å². The number of nitriles is 1. The maximum absolute atomic E-state index is 13.2. The van der Waals surface area contributed by atoms with Gasteiger partial charge in [0.2, 0.25) is 5.88 Å². The highest BCUT2D eigenvalue weighted by molar-refractivity contribution is 9.10. The minimum atomic E-state index is -0.658. The molecule has 2 aromatic carbocycles. The maximum atomic E-state index is 13.2. The molecule has 1 N–H and O–H groups in total. The molecule has 0 radical (unpaired) electrons. The van der Waals surface area contributed by atoms with Crippen LogP contribution in [0.4, 0.5) is 5.69 Å². The summed E-state index contributed by atoms with van der Waals surface area (Å²) in [5.41, 5.74) is 1.10. The van der Waals surface area contributed by atoms with Crippen molar-refractivity contribution in [3.8, 4) is 17.7 Å². The van der Waals surface area contributed by atoms with Gasteiger partial charge in [0.25, 0.3) is 11.5 Å². The molecule has 0 saturated heterocycles. The number of carbonyl (C=O) groups excluding carboxylic acids is 1. The van der Waals surface area contributed by atoms with E-state index in [1.165, 1.54) is 10.5 Å². The van der Waals surface area contributed by atoms with Gasteiger partial charge in [-0.1, -0.05) is 40.2 Å². The van der Waals surface area contributed by atoms with Gasteiger partial charge in [-0.15, -0.1) is 0 Å². The summed E-state index contributed by atoms with van der Waals surface area (Å²) >= 11 is 3.34. The van der Waals surface area contributed by atoms with Gasteiger partial charge in [-0.05, 0) is 61.0 Å². The van der Waals surface area contributed by atoms with Gasteiger partial charge in [-0.2, -0.15) is 10.2 Å². The number of ether oxygens (including phenoxy) is 1. The third-order valence-electron chi connectivity index (χ3n) is 4.67. The molecule has 0 spiro atoms. The van der Waals surface area contributed by atoms with Crippen molar-refractivity contribution in [1.29, 1.82) is 5.26 Å². The monoisotopic (exact) mass is 500 g/mol. The molecule has 2 heterocycles. The molecular weight excluding hydrogens is 484 g/mol. The summed E-state index contributed by atoms with van der Waals surface area (Å²) in [6, 6.07) is 21.2. The predicted octanol–water partition coefficient (Wildman–Crippen LogP) is 5.10. The van der Waals surface area contributed by atoms with Crippen molar-refractivity contribution in [3.63, 3.8) is 0 Å². The normalized spacial score (nSPS) is 11.1. The first kappa shape index (κ1) is 22.0. The van der Waals surface area contributed by atoms with Gasteiger partial charge in [0.1, 0.15) is 28.6 Å². The van der Waals surface area contributed by atoms with E-state index in [2.05, 4.69) is 26.2 Å². The average Bonchev–Trinajstić information content (AvgIpc) is 2.79. The van der Waals surface area contributed by atoms with Gasteiger partial charge in [-0.25, -0.2) is 0 Å². The SMILES string of the molecule is Cc1cccc(Oc2nc3ccccn3c(=O)c2/C=C(/C#N)C(=O)Nc2cccc(Br)c2)c1. The van der Waals surface area contributed by atoms with Crippen LogP contribution in [0.3, 0.4) is 0 Å². The lowest BCUT2D eigenvalue weighted by Gasteiger charge is -2.11. The van der Waals surface area contributed by atoms with Crippen molar-refractivity contribution in [2.75, 3.05) is 5.32 Å². The number of fused-ring (bicyclic) bond motifs is 1. The summed E-state index contributed by atoms with van der Waals surface area (Å²) < 4.78 is 8.02. The van der Waals surface area contributed by atoms with Crippen LogP contribution in [0.1, 0.15) is 11.1 Å². The summed E-state index contributed by atoms with van der Waals surface area (Å²) in [4.78, 5) is 30.4. The number of hydrogen-bond donors (Lipinski definition) is 1. The molecule has 4 rings (SSSR count).